The molecule has 34 heavy (non-hydrogen) atoms. The van der Waals surface area contributed by atoms with Crippen LogP contribution in [-0.2, 0) is 19.2 Å². The molecule has 0 aliphatic rings. The molecule has 0 spiro atoms. The Morgan fingerprint density at radius 2 is 1.62 bits per heavy atom. The molecule has 0 fully saturated rings. The van der Waals surface area contributed by atoms with Gasteiger partial charge in [0.15, 0.2) is 11.9 Å². The van der Waals surface area contributed by atoms with E-state index in [1.165, 1.54) is 6.92 Å². The fourth-order valence-corrected chi connectivity index (χ4v) is 4.07. The highest BCUT2D eigenvalue weighted by Gasteiger charge is 2.35. The smallest absolute Gasteiger partial charge is 0.251 e. The van der Waals surface area contributed by atoms with Gasteiger partial charge in [0.2, 0.25) is 11.8 Å². The van der Waals surface area contributed by atoms with Crippen molar-refractivity contribution in [2.75, 3.05) is 6.54 Å². The number of carbonyl (C=O) groups is 4. The minimum Gasteiger partial charge on any atom is -0.381 e. The summed E-state index contributed by atoms with van der Waals surface area (Å²) in [4.78, 5) is 50.0. The fourth-order valence-electron chi connectivity index (χ4n) is 4.07. The van der Waals surface area contributed by atoms with Crippen molar-refractivity contribution in [1.29, 1.82) is 0 Å². The first-order chi connectivity index (χ1) is 15.9. The van der Waals surface area contributed by atoms with Crippen molar-refractivity contribution in [3.05, 3.63) is 35.9 Å². The number of hydrogen-bond donors (Lipinski definition) is 4. The van der Waals surface area contributed by atoms with Gasteiger partial charge in [-0.1, -0.05) is 77.8 Å². The molecule has 8 nitrogen and oxygen atoms in total. The van der Waals surface area contributed by atoms with E-state index in [0.717, 1.165) is 12.8 Å². The third-order valence-corrected chi connectivity index (χ3v) is 5.85. The molecular weight excluding hydrogens is 434 g/mol. The average molecular weight is 476 g/mol. The van der Waals surface area contributed by atoms with Crippen molar-refractivity contribution < 1.29 is 24.3 Å². The third-order valence-electron chi connectivity index (χ3n) is 5.85. The molecule has 8 heteroatoms. The highest BCUT2D eigenvalue weighted by molar-refractivity contribution is 5.93. The highest BCUT2D eigenvalue weighted by Crippen LogP contribution is 2.33. The number of unbranched alkanes of at least 4 members (excludes halogenated alkanes) is 1. The van der Waals surface area contributed by atoms with E-state index >= 15 is 0 Å². The number of Topliss-reactive ketones (excluding diaryl/α,β-unsaturated/α-hetero) is 1. The van der Waals surface area contributed by atoms with Gasteiger partial charge in [-0.25, -0.2) is 0 Å². The summed E-state index contributed by atoms with van der Waals surface area (Å²) >= 11 is 0. The number of aliphatic hydroxyl groups excluding tert-OH is 1. The second-order valence-electron chi connectivity index (χ2n) is 9.75. The summed E-state index contributed by atoms with van der Waals surface area (Å²) in [6, 6.07) is 7.41. The van der Waals surface area contributed by atoms with Crippen LogP contribution in [0.15, 0.2) is 30.3 Å². The molecule has 0 radical (unpaired) electrons. The van der Waals surface area contributed by atoms with E-state index in [2.05, 4.69) is 16.0 Å². The monoisotopic (exact) mass is 475 g/mol. The zero-order valence-corrected chi connectivity index (χ0v) is 21.3. The molecule has 0 saturated heterocycles. The number of amides is 3. The maximum atomic E-state index is 13.4. The maximum absolute atomic E-state index is 13.4. The normalized spacial score (nSPS) is 14.9. The molecule has 0 heterocycles. The van der Waals surface area contributed by atoms with Gasteiger partial charge in [-0.05, 0) is 23.8 Å². The molecular formula is C26H41N3O5. The summed E-state index contributed by atoms with van der Waals surface area (Å²) in [5.41, 5.74) is 0.388. The number of aliphatic hydroxyl groups is 1. The van der Waals surface area contributed by atoms with Crippen molar-refractivity contribution in [3.63, 3.8) is 0 Å². The van der Waals surface area contributed by atoms with Crippen LogP contribution in [-0.4, -0.2) is 47.3 Å². The molecule has 0 bridgehead atoms. The molecule has 4 N–H and O–H groups in total. The van der Waals surface area contributed by atoms with Gasteiger partial charge in [0.1, 0.15) is 6.04 Å². The second-order valence-corrected chi connectivity index (χ2v) is 9.75. The number of benzene rings is 1. The Morgan fingerprint density at radius 3 is 2.12 bits per heavy atom. The van der Waals surface area contributed by atoms with E-state index in [0.29, 0.717) is 18.4 Å². The van der Waals surface area contributed by atoms with E-state index in [1.807, 2.05) is 40.7 Å². The van der Waals surface area contributed by atoms with Crippen LogP contribution in [0.4, 0.5) is 0 Å². The fraction of sp³-hybridized carbons (Fsp3) is 0.615. The van der Waals surface area contributed by atoms with Gasteiger partial charge in [0, 0.05) is 12.8 Å². The van der Waals surface area contributed by atoms with Crippen LogP contribution in [0.3, 0.4) is 0 Å². The zero-order valence-electron chi connectivity index (χ0n) is 21.3. The molecule has 1 aromatic carbocycles. The summed E-state index contributed by atoms with van der Waals surface area (Å²) in [6.07, 6.45) is 1.15. The predicted octanol–water partition coefficient (Wildman–Crippen LogP) is 2.66. The van der Waals surface area contributed by atoms with Crippen LogP contribution in [0.1, 0.15) is 78.8 Å². The summed E-state index contributed by atoms with van der Waals surface area (Å²) in [7, 11) is 0. The van der Waals surface area contributed by atoms with Crippen LogP contribution in [0.2, 0.25) is 0 Å². The predicted molar refractivity (Wildman–Crippen MR) is 132 cm³/mol. The summed E-state index contributed by atoms with van der Waals surface area (Å²) in [5, 5.41) is 18.2. The molecule has 0 aliphatic carbocycles. The van der Waals surface area contributed by atoms with Crippen molar-refractivity contribution in [2.45, 2.75) is 85.4 Å². The van der Waals surface area contributed by atoms with Crippen molar-refractivity contribution >= 4 is 23.5 Å². The van der Waals surface area contributed by atoms with Crippen LogP contribution in [0.5, 0.6) is 0 Å². The van der Waals surface area contributed by atoms with Gasteiger partial charge >= 0.3 is 0 Å². The standard InChI is InChI=1S/C26H41N3O5/c1-7-9-15-20(28-17(3)30)24(33)25(34)27-16-21(31)29-22(18-13-11-10-12-14-18)23(32)19(8-2)26(4,5)6/h10-14,19-20,22,24,33H,7-9,15-16H2,1-6H3,(H,27,34)(H,28,30)(H,29,31). The van der Waals surface area contributed by atoms with Gasteiger partial charge < -0.3 is 21.1 Å². The quantitative estimate of drug-likeness (QED) is 0.349. The van der Waals surface area contributed by atoms with E-state index in [-0.39, 0.29) is 23.0 Å². The number of nitrogens with one attached hydrogen (secondary N) is 3. The molecule has 190 valence electrons. The Morgan fingerprint density at radius 1 is 1.00 bits per heavy atom. The average Bonchev–Trinajstić information content (AvgIpc) is 2.77. The molecule has 4 atom stereocenters. The van der Waals surface area contributed by atoms with Crippen LogP contribution in [0, 0.1) is 11.3 Å². The lowest BCUT2D eigenvalue weighted by molar-refractivity contribution is -0.135. The Labute approximate surface area is 203 Å². The van der Waals surface area contributed by atoms with Gasteiger partial charge in [-0.3, -0.25) is 19.2 Å². The third kappa shape index (κ3) is 9.25. The molecule has 0 saturated carbocycles. The first-order valence-corrected chi connectivity index (χ1v) is 12.0. The Kier molecular flexibility index (Phi) is 11.9. The Bertz CT molecular complexity index is 819. The van der Waals surface area contributed by atoms with Gasteiger partial charge in [-0.2, -0.15) is 0 Å². The van der Waals surface area contributed by atoms with Gasteiger partial charge in [0.05, 0.1) is 12.6 Å². The van der Waals surface area contributed by atoms with E-state index in [4.69, 9.17) is 0 Å². The maximum Gasteiger partial charge on any atom is 0.251 e. The Hall–Kier alpha value is -2.74. The first-order valence-electron chi connectivity index (χ1n) is 12.0. The number of ketones is 1. The molecule has 0 aliphatic heterocycles. The molecule has 1 rings (SSSR count). The summed E-state index contributed by atoms with van der Waals surface area (Å²) in [6.45, 7) is 10.8. The number of hydrogen-bond acceptors (Lipinski definition) is 5. The Balaban J connectivity index is 2.90. The topological polar surface area (TPSA) is 125 Å². The number of rotatable bonds is 13. The largest absolute Gasteiger partial charge is 0.381 e. The van der Waals surface area contributed by atoms with Crippen LogP contribution >= 0.6 is 0 Å². The number of carbonyl (C=O) groups excluding carboxylic acids is 4. The van der Waals surface area contributed by atoms with E-state index in [9.17, 15) is 24.3 Å². The lowest BCUT2D eigenvalue weighted by Crippen LogP contribution is -2.52. The minimum atomic E-state index is -1.49. The van der Waals surface area contributed by atoms with Gasteiger partial charge in [-0.15, -0.1) is 0 Å². The van der Waals surface area contributed by atoms with Crippen LogP contribution < -0.4 is 16.0 Å². The van der Waals surface area contributed by atoms with Gasteiger partial charge in [0.25, 0.3) is 5.91 Å². The van der Waals surface area contributed by atoms with E-state index in [1.54, 1.807) is 24.3 Å². The summed E-state index contributed by atoms with van der Waals surface area (Å²) in [5.74, 6) is -2.01. The van der Waals surface area contributed by atoms with Crippen molar-refractivity contribution in [2.24, 2.45) is 11.3 Å². The van der Waals surface area contributed by atoms with Crippen LogP contribution in [0.25, 0.3) is 0 Å². The van der Waals surface area contributed by atoms with E-state index < -0.39 is 36.5 Å². The van der Waals surface area contributed by atoms with Crippen molar-refractivity contribution in [3.8, 4) is 0 Å². The lowest BCUT2D eigenvalue weighted by atomic mass is 9.74. The zero-order chi connectivity index (χ0) is 25.9. The lowest BCUT2D eigenvalue weighted by Gasteiger charge is -2.32. The first kappa shape index (κ1) is 29.3. The minimum absolute atomic E-state index is 0.0915. The molecule has 1 aromatic rings. The van der Waals surface area contributed by atoms with Crippen molar-refractivity contribution in [1.82, 2.24) is 16.0 Å². The summed E-state index contributed by atoms with van der Waals surface area (Å²) < 4.78 is 0. The molecule has 4 unspecified atom stereocenters. The molecule has 0 aromatic heterocycles. The SMILES string of the molecule is CCCCC(NC(C)=O)C(O)C(=O)NCC(=O)NC(C(=O)C(CC)C(C)(C)C)c1ccccc1. The molecule has 3 amide bonds. The highest BCUT2D eigenvalue weighted by atomic mass is 16.3. The second kappa shape index (κ2) is 13.8.